The molecule has 1 aliphatic rings. The summed E-state index contributed by atoms with van der Waals surface area (Å²) in [6.07, 6.45) is 2.06. The van der Waals surface area contributed by atoms with Gasteiger partial charge in [0.2, 0.25) is 0 Å². The molecule has 0 spiro atoms. The van der Waals surface area contributed by atoms with Crippen LogP contribution in [0, 0.1) is 0 Å². The zero-order chi connectivity index (χ0) is 17.6. The number of ether oxygens (including phenoxy) is 2. The van der Waals surface area contributed by atoms with Crippen molar-refractivity contribution in [2.75, 3.05) is 24.6 Å². The van der Waals surface area contributed by atoms with Crippen LogP contribution in [0.5, 0.6) is 11.5 Å². The average molecular weight is 339 g/mol. The maximum Gasteiger partial charge on any atom is 0.159 e. The Morgan fingerprint density at radius 1 is 1.24 bits per heavy atom. The van der Waals surface area contributed by atoms with Crippen LogP contribution in [-0.4, -0.2) is 31.6 Å². The van der Waals surface area contributed by atoms with Crippen LogP contribution >= 0.6 is 0 Å². The number of anilines is 1. The van der Waals surface area contributed by atoms with Gasteiger partial charge >= 0.3 is 0 Å². The second kappa shape index (κ2) is 8.06. The number of para-hydroxylation sites is 1. The first kappa shape index (κ1) is 17.3. The van der Waals surface area contributed by atoms with Gasteiger partial charge < -0.3 is 14.4 Å². The van der Waals surface area contributed by atoms with Crippen LogP contribution in [0.3, 0.4) is 0 Å². The van der Waals surface area contributed by atoms with Gasteiger partial charge in [-0.2, -0.15) is 0 Å². The predicted molar refractivity (Wildman–Crippen MR) is 99.9 cm³/mol. The Morgan fingerprint density at radius 3 is 2.76 bits per heavy atom. The number of Topliss-reactive ketones (excluding diaryl/α,β-unsaturated/α-hetero) is 1. The maximum absolute atomic E-state index is 11.7. The minimum Gasteiger partial charge on any atom is -0.494 e. The molecule has 3 rings (SSSR count). The van der Waals surface area contributed by atoms with Crippen molar-refractivity contribution in [3.05, 3.63) is 54.1 Å². The Bertz CT molecular complexity index is 714. The van der Waals surface area contributed by atoms with Crippen LogP contribution in [0.15, 0.2) is 48.5 Å². The zero-order valence-corrected chi connectivity index (χ0v) is 14.9. The fourth-order valence-electron chi connectivity index (χ4n) is 3.03. The normalized spacial score (nSPS) is 16.1. The third kappa shape index (κ3) is 4.32. The third-order valence-electron chi connectivity index (χ3n) is 4.46. The molecule has 0 amide bonds. The monoisotopic (exact) mass is 339 g/mol. The van der Waals surface area contributed by atoms with Crippen molar-refractivity contribution < 1.29 is 14.3 Å². The standard InChI is InChI=1S/C21H25NO3/c1-3-18-15-22(12-7-13-24-19-8-5-4-6-9-19)20-14-17(16(2)23)10-11-21(20)25-18/h4-6,8-11,14,18H,3,7,12-13,15H2,1-2H3. The van der Waals surface area contributed by atoms with Gasteiger partial charge in [0.05, 0.1) is 18.8 Å². The van der Waals surface area contributed by atoms with Crippen LogP contribution in [0.25, 0.3) is 0 Å². The SMILES string of the molecule is CCC1CN(CCCOc2ccccc2)c2cc(C(C)=O)ccc2O1. The molecule has 0 aromatic heterocycles. The molecule has 0 N–H and O–H groups in total. The van der Waals surface area contributed by atoms with E-state index in [9.17, 15) is 4.79 Å². The molecular weight excluding hydrogens is 314 g/mol. The molecule has 25 heavy (non-hydrogen) atoms. The molecule has 4 heteroatoms. The summed E-state index contributed by atoms with van der Waals surface area (Å²) in [6, 6.07) is 15.6. The van der Waals surface area contributed by atoms with Gasteiger partial charge in [0, 0.05) is 12.1 Å². The van der Waals surface area contributed by atoms with Gasteiger partial charge in [-0.3, -0.25) is 4.79 Å². The van der Waals surface area contributed by atoms with Gasteiger partial charge in [0.15, 0.2) is 5.78 Å². The first-order valence-electron chi connectivity index (χ1n) is 8.92. The highest BCUT2D eigenvalue weighted by Crippen LogP contribution is 2.35. The van der Waals surface area contributed by atoms with Gasteiger partial charge in [-0.05, 0) is 50.1 Å². The summed E-state index contributed by atoms with van der Waals surface area (Å²) in [4.78, 5) is 14.0. The predicted octanol–water partition coefficient (Wildman–Crippen LogP) is 4.34. The second-order valence-electron chi connectivity index (χ2n) is 6.35. The largest absolute Gasteiger partial charge is 0.494 e. The molecule has 2 aromatic rings. The highest BCUT2D eigenvalue weighted by molar-refractivity contribution is 5.95. The highest BCUT2D eigenvalue weighted by Gasteiger charge is 2.25. The van der Waals surface area contributed by atoms with Crippen molar-refractivity contribution in [1.29, 1.82) is 0 Å². The van der Waals surface area contributed by atoms with Crippen LogP contribution in [0.2, 0.25) is 0 Å². The second-order valence-corrected chi connectivity index (χ2v) is 6.35. The molecule has 1 heterocycles. The van der Waals surface area contributed by atoms with E-state index < -0.39 is 0 Å². The van der Waals surface area contributed by atoms with Crippen LogP contribution in [-0.2, 0) is 0 Å². The quantitative estimate of drug-likeness (QED) is 0.556. The van der Waals surface area contributed by atoms with Crippen molar-refractivity contribution >= 4 is 11.5 Å². The van der Waals surface area contributed by atoms with Crippen LogP contribution < -0.4 is 14.4 Å². The number of carbonyl (C=O) groups excluding carboxylic acids is 1. The number of hydrogen-bond acceptors (Lipinski definition) is 4. The molecule has 1 aliphatic heterocycles. The zero-order valence-electron chi connectivity index (χ0n) is 14.9. The van der Waals surface area contributed by atoms with E-state index in [4.69, 9.17) is 9.47 Å². The Balaban J connectivity index is 1.65. The van der Waals surface area contributed by atoms with Crippen molar-refractivity contribution in [2.45, 2.75) is 32.8 Å². The first-order chi connectivity index (χ1) is 12.2. The fraction of sp³-hybridized carbons (Fsp3) is 0.381. The molecule has 0 saturated heterocycles. The van der Waals surface area contributed by atoms with Gasteiger partial charge in [-0.1, -0.05) is 25.1 Å². The van der Waals surface area contributed by atoms with Crippen LogP contribution in [0.1, 0.15) is 37.0 Å². The van der Waals surface area contributed by atoms with Gasteiger partial charge in [-0.15, -0.1) is 0 Å². The summed E-state index contributed by atoms with van der Waals surface area (Å²) in [5, 5.41) is 0. The van der Waals surface area contributed by atoms with Gasteiger partial charge in [0.1, 0.15) is 17.6 Å². The first-order valence-corrected chi connectivity index (χ1v) is 8.92. The molecule has 0 saturated carbocycles. The molecule has 132 valence electrons. The maximum atomic E-state index is 11.7. The molecule has 0 aliphatic carbocycles. The smallest absolute Gasteiger partial charge is 0.159 e. The molecule has 0 radical (unpaired) electrons. The summed E-state index contributed by atoms with van der Waals surface area (Å²) < 4.78 is 11.8. The van der Waals surface area contributed by atoms with Crippen molar-refractivity contribution in [3.8, 4) is 11.5 Å². The van der Waals surface area contributed by atoms with Crippen molar-refractivity contribution in [2.24, 2.45) is 0 Å². The highest BCUT2D eigenvalue weighted by atomic mass is 16.5. The number of rotatable bonds is 7. The number of carbonyl (C=O) groups is 1. The lowest BCUT2D eigenvalue weighted by atomic mass is 10.1. The third-order valence-corrected chi connectivity index (χ3v) is 4.46. The lowest BCUT2D eigenvalue weighted by Gasteiger charge is -2.36. The summed E-state index contributed by atoms with van der Waals surface area (Å²) in [7, 11) is 0. The average Bonchev–Trinajstić information content (AvgIpc) is 2.65. The minimum atomic E-state index is 0.0766. The molecule has 0 fully saturated rings. The molecule has 1 atom stereocenters. The van der Waals surface area contributed by atoms with Crippen LogP contribution in [0.4, 0.5) is 5.69 Å². The Hall–Kier alpha value is -2.49. The number of fused-ring (bicyclic) bond motifs is 1. The molecule has 0 bridgehead atoms. The van der Waals surface area contributed by atoms with Crippen molar-refractivity contribution in [3.63, 3.8) is 0 Å². The molecular formula is C21H25NO3. The van der Waals surface area contributed by atoms with E-state index >= 15 is 0 Å². The molecule has 1 unspecified atom stereocenters. The fourth-order valence-corrected chi connectivity index (χ4v) is 3.03. The Labute approximate surface area is 149 Å². The summed E-state index contributed by atoms with van der Waals surface area (Å²) in [5.74, 6) is 1.84. The number of benzene rings is 2. The molecule has 2 aromatic carbocycles. The van der Waals surface area contributed by atoms with E-state index in [1.165, 1.54) is 0 Å². The molecule has 4 nitrogen and oxygen atoms in total. The van der Waals surface area contributed by atoms with E-state index in [1.54, 1.807) is 6.92 Å². The number of hydrogen-bond donors (Lipinski definition) is 0. The van der Waals surface area contributed by atoms with Crippen molar-refractivity contribution in [1.82, 2.24) is 0 Å². The minimum absolute atomic E-state index is 0.0766. The van der Waals surface area contributed by atoms with E-state index in [0.29, 0.717) is 6.61 Å². The summed E-state index contributed by atoms with van der Waals surface area (Å²) >= 11 is 0. The van der Waals surface area contributed by atoms with Gasteiger partial charge in [0.25, 0.3) is 0 Å². The number of nitrogens with zero attached hydrogens (tertiary/aromatic N) is 1. The lowest BCUT2D eigenvalue weighted by molar-refractivity contribution is 0.101. The summed E-state index contributed by atoms with van der Waals surface area (Å²) in [6.45, 7) is 6.12. The number of ketones is 1. The Morgan fingerprint density at radius 2 is 2.04 bits per heavy atom. The van der Waals surface area contributed by atoms with E-state index in [-0.39, 0.29) is 11.9 Å². The topological polar surface area (TPSA) is 38.8 Å². The lowest BCUT2D eigenvalue weighted by Crippen LogP contribution is -2.40. The van der Waals surface area contributed by atoms with E-state index in [0.717, 1.165) is 48.7 Å². The van der Waals surface area contributed by atoms with E-state index in [2.05, 4.69) is 11.8 Å². The van der Waals surface area contributed by atoms with Gasteiger partial charge in [-0.25, -0.2) is 0 Å². The Kier molecular flexibility index (Phi) is 5.59. The van der Waals surface area contributed by atoms with E-state index in [1.807, 2.05) is 48.5 Å². The summed E-state index contributed by atoms with van der Waals surface area (Å²) in [5.41, 5.74) is 1.74.